The highest BCUT2D eigenvalue weighted by Gasteiger charge is 2.45. The molecule has 2 rings (SSSR count). The summed E-state index contributed by atoms with van der Waals surface area (Å²) >= 11 is 0. The molecular weight excluding hydrogens is 144 g/mol. The molecule has 0 aromatic carbocycles. The summed E-state index contributed by atoms with van der Waals surface area (Å²) in [6, 6.07) is 0. The van der Waals surface area contributed by atoms with Crippen molar-refractivity contribution in [3.05, 3.63) is 29.7 Å². The number of hydrogen-bond acceptors (Lipinski definition) is 0. The third-order valence-corrected chi connectivity index (χ3v) is 3.09. The van der Waals surface area contributed by atoms with Crippen LogP contribution < -0.4 is 0 Å². The second kappa shape index (κ2) is 2.04. The molecule has 64 valence electrons. The van der Waals surface area contributed by atoms with Crippen LogP contribution in [0.1, 0.15) is 34.1 Å². The largest absolute Gasteiger partial charge is 0.0680 e. The molecule has 0 bridgehead atoms. The Bertz CT molecular complexity index is 246. The van der Waals surface area contributed by atoms with Crippen molar-refractivity contribution in [2.24, 2.45) is 10.8 Å². The van der Waals surface area contributed by atoms with E-state index in [1.807, 2.05) is 0 Å². The predicted molar refractivity (Wildman–Crippen MR) is 51.6 cm³/mol. The average molecular weight is 160 g/mol. The molecule has 12 heavy (non-hydrogen) atoms. The Balaban J connectivity index is 2.50. The molecule has 1 fully saturated rings. The monoisotopic (exact) mass is 160 g/mol. The van der Waals surface area contributed by atoms with Crippen molar-refractivity contribution < 1.29 is 0 Å². The van der Waals surface area contributed by atoms with E-state index in [1.165, 1.54) is 17.6 Å². The summed E-state index contributed by atoms with van der Waals surface area (Å²) in [5, 5.41) is 0. The summed E-state index contributed by atoms with van der Waals surface area (Å²) in [6.07, 6.45) is 8.79. The van der Waals surface area contributed by atoms with Gasteiger partial charge in [-0.2, -0.15) is 0 Å². The van der Waals surface area contributed by atoms with Gasteiger partial charge < -0.3 is 0 Å². The molecule has 0 saturated heterocycles. The molecule has 2 aliphatic carbocycles. The standard InChI is InChI=1S/C12H16/c1-11(2)8-12(3,4)10-7-5-6-9(10)11/h6-7H,8H2,1-4H3. The predicted octanol–water partition coefficient (Wildman–Crippen LogP) is 3.39. The van der Waals surface area contributed by atoms with E-state index >= 15 is 0 Å². The quantitative estimate of drug-likeness (QED) is 0.509. The van der Waals surface area contributed by atoms with Gasteiger partial charge in [-0.1, -0.05) is 39.8 Å². The van der Waals surface area contributed by atoms with Crippen LogP contribution in [-0.4, -0.2) is 0 Å². The Kier molecular flexibility index (Phi) is 1.38. The van der Waals surface area contributed by atoms with Crippen molar-refractivity contribution in [3.8, 4) is 0 Å². The number of hydrogen-bond donors (Lipinski definition) is 0. The van der Waals surface area contributed by atoms with E-state index in [2.05, 4.69) is 46.3 Å². The first-order valence-electron chi connectivity index (χ1n) is 4.61. The Morgan fingerprint density at radius 3 is 1.83 bits per heavy atom. The van der Waals surface area contributed by atoms with Crippen LogP contribution in [0.4, 0.5) is 0 Å². The Labute approximate surface area is 75.4 Å². The molecule has 1 saturated carbocycles. The maximum atomic E-state index is 3.21. The van der Waals surface area contributed by atoms with E-state index in [-0.39, 0.29) is 0 Å². The van der Waals surface area contributed by atoms with Crippen LogP contribution in [0, 0.1) is 17.3 Å². The Morgan fingerprint density at radius 2 is 1.42 bits per heavy atom. The van der Waals surface area contributed by atoms with Crippen LogP contribution >= 0.6 is 0 Å². The fourth-order valence-electron chi connectivity index (χ4n) is 2.78. The molecule has 0 aliphatic heterocycles. The molecular formula is C12H16. The van der Waals surface area contributed by atoms with Crippen LogP contribution in [0.15, 0.2) is 23.3 Å². The minimum atomic E-state index is 0.360. The second-order valence-electron chi connectivity index (χ2n) is 5.23. The van der Waals surface area contributed by atoms with E-state index in [4.69, 9.17) is 0 Å². The van der Waals surface area contributed by atoms with Crippen molar-refractivity contribution in [1.29, 1.82) is 0 Å². The normalized spacial score (nSPS) is 29.7. The zero-order valence-electron chi connectivity index (χ0n) is 8.36. The zero-order valence-corrected chi connectivity index (χ0v) is 8.36. The molecule has 0 aromatic heterocycles. The molecule has 0 N–H and O–H groups in total. The van der Waals surface area contributed by atoms with Gasteiger partial charge in [-0.15, -0.1) is 0 Å². The average Bonchev–Trinajstić information content (AvgIpc) is 2.34. The molecule has 0 atom stereocenters. The van der Waals surface area contributed by atoms with Gasteiger partial charge in [0.1, 0.15) is 0 Å². The molecule has 0 nitrogen and oxygen atoms in total. The minimum Gasteiger partial charge on any atom is -0.0680 e. The van der Waals surface area contributed by atoms with Gasteiger partial charge in [-0.05, 0) is 28.4 Å². The smallest absolute Gasteiger partial charge is 0.0349 e. The fourth-order valence-corrected chi connectivity index (χ4v) is 2.78. The third-order valence-electron chi connectivity index (χ3n) is 3.09. The van der Waals surface area contributed by atoms with Crippen LogP contribution in [0.2, 0.25) is 0 Å². The highest BCUT2D eigenvalue weighted by molar-refractivity contribution is 5.53. The van der Waals surface area contributed by atoms with Crippen molar-refractivity contribution in [2.75, 3.05) is 0 Å². The third kappa shape index (κ3) is 0.903. The van der Waals surface area contributed by atoms with Crippen LogP contribution in [0.25, 0.3) is 0 Å². The molecule has 0 amide bonds. The zero-order chi connectivity index (χ0) is 8.98. The first-order valence-corrected chi connectivity index (χ1v) is 4.61. The lowest BCUT2D eigenvalue weighted by Gasteiger charge is -2.21. The fraction of sp³-hybridized carbons (Fsp3) is 0.583. The maximum Gasteiger partial charge on any atom is 0.0349 e. The van der Waals surface area contributed by atoms with Gasteiger partial charge >= 0.3 is 0 Å². The van der Waals surface area contributed by atoms with Gasteiger partial charge in [0.2, 0.25) is 0 Å². The lowest BCUT2D eigenvalue weighted by atomic mass is 9.83. The Morgan fingerprint density at radius 1 is 1.00 bits per heavy atom. The molecule has 0 unspecified atom stereocenters. The first kappa shape index (κ1) is 8.10. The van der Waals surface area contributed by atoms with E-state index in [1.54, 1.807) is 0 Å². The molecule has 2 aliphatic rings. The van der Waals surface area contributed by atoms with E-state index < -0.39 is 0 Å². The van der Waals surface area contributed by atoms with Gasteiger partial charge in [0.15, 0.2) is 0 Å². The van der Waals surface area contributed by atoms with E-state index in [9.17, 15) is 0 Å². The summed E-state index contributed by atoms with van der Waals surface area (Å²) in [5.74, 6) is 0. The molecule has 0 heteroatoms. The molecule has 2 radical (unpaired) electrons. The summed E-state index contributed by atoms with van der Waals surface area (Å²) in [5.41, 5.74) is 3.73. The summed E-state index contributed by atoms with van der Waals surface area (Å²) in [4.78, 5) is 0. The van der Waals surface area contributed by atoms with E-state index in [0.29, 0.717) is 10.8 Å². The summed E-state index contributed by atoms with van der Waals surface area (Å²) < 4.78 is 0. The highest BCUT2D eigenvalue weighted by atomic mass is 14.5. The van der Waals surface area contributed by atoms with Crippen molar-refractivity contribution >= 4 is 0 Å². The van der Waals surface area contributed by atoms with Crippen LogP contribution in [0.5, 0.6) is 0 Å². The molecule has 0 heterocycles. The topological polar surface area (TPSA) is 0 Å². The lowest BCUT2D eigenvalue weighted by Crippen LogP contribution is -2.11. The van der Waals surface area contributed by atoms with Crippen molar-refractivity contribution in [3.63, 3.8) is 0 Å². The van der Waals surface area contributed by atoms with Gasteiger partial charge in [0.25, 0.3) is 0 Å². The number of fused-ring (bicyclic) bond motifs is 1. The SMILES string of the molecule is CC1(C)CC(C)(C)C2=C[C]C=C21. The number of allylic oxidation sites excluding steroid dienone is 4. The van der Waals surface area contributed by atoms with Crippen molar-refractivity contribution in [1.82, 2.24) is 0 Å². The molecule has 0 aromatic rings. The van der Waals surface area contributed by atoms with Gasteiger partial charge in [0, 0.05) is 6.42 Å². The van der Waals surface area contributed by atoms with Crippen LogP contribution in [-0.2, 0) is 0 Å². The minimum absolute atomic E-state index is 0.360. The van der Waals surface area contributed by atoms with Gasteiger partial charge in [-0.25, -0.2) is 0 Å². The summed E-state index contributed by atoms with van der Waals surface area (Å²) in [7, 11) is 0. The van der Waals surface area contributed by atoms with Gasteiger partial charge in [-0.3, -0.25) is 0 Å². The maximum absolute atomic E-state index is 3.21. The van der Waals surface area contributed by atoms with Crippen LogP contribution in [0.3, 0.4) is 0 Å². The lowest BCUT2D eigenvalue weighted by molar-refractivity contribution is 0.337. The first-order chi connectivity index (χ1) is 5.43. The van der Waals surface area contributed by atoms with E-state index in [0.717, 1.165) is 0 Å². The summed E-state index contributed by atoms with van der Waals surface area (Å²) in [6.45, 7) is 9.31. The van der Waals surface area contributed by atoms with Crippen molar-refractivity contribution in [2.45, 2.75) is 34.1 Å². The Hall–Kier alpha value is -0.520. The van der Waals surface area contributed by atoms with Gasteiger partial charge in [0.05, 0.1) is 0 Å². The molecule has 0 spiro atoms. The second-order valence-corrected chi connectivity index (χ2v) is 5.23. The number of rotatable bonds is 0. The highest BCUT2D eigenvalue weighted by Crippen LogP contribution is 2.57.